The Kier molecular flexibility index (Phi) is 5.07. The SMILES string of the molecule is CCc1ccc(-c2nc(CC(=O)Nc3ccc4c(c3)n(C)c(=O)n4C)cs2)cc1. The quantitative estimate of drug-likeness (QED) is 0.549. The van der Waals surface area contributed by atoms with Gasteiger partial charge in [0.15, 0.2) is 0 Å². The molecule has 0 radical (unpaired) electrons. The van der Waals surface area contributed by atoms with Crippen LogP contribution in [0, 0.1) is 0 Å². The Morgan fingerprint density at radius 3 is 2.52 bits per heavy atom. The molecule has 6 nitrogen and oxygen atoms in total. The molecule has 7 heteroatoms. The highest BCUT2D eigenvalue weighted by Crippen LogP contribution is 2.25. The molecule has 0 atom stereocenters. The fourth-order valence-corrected chi connectivity index (χ4v) is 4.18. The van der Waals surface area contributed by atoms with Gasteiger partial charge in [0.25, 0.3) is 0 Å². The molecule has 1 amide bonds. The van der Waals surface area contributed by atoms with Crippen molar-refractivity contribution in [2.75, 3.05) is 5.32 Å². The molecule has 148 valence electrons. The van der Waals surface area contributed by atoms with Gasteiger partial charge < -0.3 is 5.32 Å². The number of thiazole rings is 1. The first-order chi connectivity index (χ1) is 14.0. The molecule has 0 saturated heterocycles. The van der Waals surface area contributed by atoms with E-state index in [0.717, 1.165) is 33.7 Å². The van der Waals surface area contributed by atoms with Gasteiger partial charge >= 0.3 is 5.69 Å². The second-order valence-corrected chi connectivity index (χ2v) is 7.88. The Labute approximate surface area is 172 Å². The van der Waals surface area contributed by atoms with E-state index in [4.69, 9.17) is 0 Å². The van der Waals surface area contributed by atoms with Crippen molar-refractivity contribution in [1.82, 2.24) is 14.1 Å². The van der Waals surface area contributed by atoms with Crippen LogP contribution in [0.25, 0.3) is 21.6 Å². The number of benzene rings is 2. The fraction of sp³-hybridized carbons (Fsp3) is 0.227. The number of carbonyl (C=O) groups excluding carboxylic acids is 1. The average Bonchev–Trinajstić information content (AvgIpc) is 3.27. The molecule has 0 bridgehead atoms. The fourth-order valence-electron chi connectivity index (χ4n) is 3.36. The highest BCUT2D eigenvalue weighted by molar-refractivity contribution is 7.13. The Morgan fingerprint density at radius 1 is 1.07 bits per heavy atom. The summed E-state index contributed by atoms with van der Waals surface area (Å²) in [5, 5.41) is 5.74. The molecule has 2 aromatic carbocycles. The zero-order chi connectivity index (χ0) is 20.5. The van der Waals surface area contributed by atoms with Gasteiger partial charge in [0, 0.05) is 30.7 Å². The second-order valence-electron chi connectivity index (χ2n) is 7.02. The topological polar surface area (TPSA) is 68.9 Å². The van der Waals surface area contributed by atoms with Crippen molar-refractivity contribution in [1.29, 1.82) is 0 Å². The molecule has 29 heavy (non-hydrogen) atoms. The normalized spacial score (nSPS) is 11.1. The summed E-state index contributed by atoms with van der Waals surface area (Å²) in [4.78, 5) is 29.1. The second kappa shape index (κ2) is 7.67. The first kappa shape index (κ1) is 19.1. The first-order valence-electron chi connectivity index (χ1n) is 9.45. The lowest BCUT2D eigenvalue weighted by Gasteiger charge is -2.05. The van der Waals surface area contributed by atoms with E-state index < -0.39 is 0 Å². The average molecular weight is 407 g/mol. The predicted molar refractivity (Wildman–Crippen MR) is 117 cm³/mol. The smallest absolute Gasteiger partial charge is 0.326 e. The molecule has 0 fully saturated rings. The summed E-state index contributed by atoms with van der Waals surface area (Å²) in [7, 11) is 3.46. The van der Waals surface area contributed by atoms with Gasteiger partial charge in [-0.15, -0.1) is 11.3 Å². The summed E-state index contributed by atoms with van der Waals surface area (Å²) in [6.45, 7) is 2.13. The maximum absolute atomic E-state index is 12.5. The third-order valence-corrected chi connectivity index (χ3v) is 6.00. The van der Waals surface area contributed by atoms with Gasteiger partial charge in [-0.2, -0.15) is 0 Å². The molecule has 0 saturated carbocycles. The summed E-state index contributed by atoms with van der Waals surface area (Å²) >= 11 is 1.54. The highest BCUT2D eigenvalue weighted by atomic mass is 32.1. The molecule has 2 heterocycles. The minimum Gasteiger partial charge on any atom is -0.326 e. The molecule has 0 aliphatic carbocycles. The number of hydrogen-bond donors (Lipinski definition) is 1. The van der Waals surface area contributed by atoms with Crippen LogP contribution < -0.4 is 11.0 Å². The van der Waals surface area contributed by atoms with Gasteiger partial charge in [0.05, 0.1) is 23.1 Å². The monoisotopic (exact) mass is 406 g/mol. The lowest BCUT2D eigenvalue weighted by molar-refractivity contribution is -0.115. The summed E-state index contributed by atoms with van der Waals surface area (Å²) < 4.78 is 3.16. The largest absolute Gasteiger partial charge is 0.328 e. The minimum absolute atomic E-state index is 0.0922. The van der Waals surface area contributed by atoms with Crippen molar-refractivity contribution in [3.8, 4) is 10.6 Å². The van der Waals surface area contributed by atoms with Crippen molar-refractivity contribution in [2.24, 2.45) is 14.1 Å². The van der Waals surface area contributed by atoms with Crippen molar-refractivity contribution in [2.45, 2.75) is 19.8 Å². The van der Waals surface area contributed by atoms with E-state index in [1.807, 2.05) is 17.5 Å². The number of rotatable bonds is 5. The number of amides is 1. The van der Waals surface area contributed by atoms with E-state index in [9.17, 15) is 9.59 Å². The van der Waals surface area contributed by atoms with E-state index in [0.29, 0.717) is 5.69 Å². The van der Waals surface area contributed by atoms with E-state index in [1.54, 1.807) is 40.6 Å². The number of aromatic nitrogens is 3. The summed E-state index contributed by atoms with van der Waals surface area (Å²) in [5.41, 5.74) is 5.28. The van der Waals surface area contributed by atoms with Crippen LogP contribution in [-0.4, -0.2) is 20.0 Å². The number of nitrogens with one attached hydrogen (secondary N) is 1. The van der Waals surface area contributed by atoms with Crippen LogP contribution in [0.1, 0.15) is 18.2 Å². The number of nitrogens with zero attached hydrogens (tertiary/aromatic N) is 3. The first-order valence-corrected chi connectivity index (χ1v) is 10.3. The molecule has 4 aromatic rings. The number of aryl methyl sites for hydroxylation is 3. The lowest BCUT2D eigenvalue weighted by atomic mass is 10.1. The van der Waals surface area contributed by atoms with Crippen LogP contribution in [-0.2, 0) is 31.7 Å². The number of anilines is 1. The number of hydrogen-bond acceptors (Lipinski definition) is 4. The van der Waals surface area contributed by atoms with Gasteiger partial charge in [-0.1, -0.05) is 31.2 Å². The standard InChI is InChI=1S/C22H22N4O2S/c1-4-14-5-7-15(8-6-14)21-24-17(13-29-21)12-20(27)23-16-9-10-18-19(11-16)26(3)22(28)25(18)2/h5-11,13H,4,12H2,1-3H3,(H,23,27). The van der Waals surface area contributed by atoms with E-state index in [1.165, 1.54) is 5.56 Å². The summed E-state index contributed by atoms with van der Waals surface area (Å²) in [5.74, 6) is -0.136. The third-order valence-electron chi connectivity index (χ3n) is 5.06. The van der Waals surface area contributed by atoms with Crippen molar-refractivity contribution in [3.05, 3.63) is 69.6 Å². The molecule has 0 unspecified atom stereocenters. The van der Waals surface area contributed by atoms with Crippen molar-refractivity contribution < 1.29 is 4.79 Å². The van der Waals surface area contributed by atoms with Crippen LogP contribution in [0.15, 0.2) is 52.6 Å². The molecular weight excluding hydrogens is 384 g/mol. The van der Waals surface area contributed by atoms with Crippen LogP contribution in [0.3, 0.4) is 0 Å². The van der Waals surface area contributed by atoms with Gasteiger partial charge in [0.1, 0.15) is 5.01 Å². The minimum atomic E-state index is -0.136. The number of imidazole rings is 1. The predicted octanol–water partition coefficient (Wildman–Crippen LogP) is 3.74. The van der Waals surface area contributed by atoms with E-state index in [2.05, 4.69) is 41.5 Å². The van der Waals surface area contributed by atoms with Gasteiger partial charge in [-0.3, -0.25) is 13.9 Å². The Balaban J connectivity index is 1.47. The number of carbonyl (C=O) groups is 1. The zero-order valence-corrected chi connectivity index (χ0v) is 17.4. The highest BCUT2D eigenvalue weighted by Gasteiger charge is 2.12. The zero-order valence-electron chi connectivity index (χ0n) is 16.6. The molecule has 0 spiro atoms. The molecule has 2 aromatic heterocycles. The van der Waals surface area contributed by atoms with Crippen LogP contribution >= 0.6 is 11.3 Å². The third kappa shape index (κ3) is 3.73. The molecule has 1 N–H and O–H groups in total. The molecule has 0 aliphatic heterocycles. The Hall–Kier alpha value is -3.19. The Morgan fingerprint density at radius 2 is 1.79 bits per heavy atom. The molecular formula is C22H22N4O2S. The van der Waals surface area contributed by atoms with E-state index in [-0.39, 0.29) is 18.0 Å². The summed E-state index contributed by atoms with van der Waals surface area (Å²) in [6, 6.07) is 13.8. The Bertz CT molecular complexity index is 1250. The maximum Gasteiger partial charge on any atom is 0.328 e. The molecule has 0 aliphatic rings. The van der Waals surface area contributed by atoms with Gasteiger partial charge in [0.2, 0.25) is 5.91 Å². The lowest BCUT2D eigenvalue weighted by Crippen LogP contribution is -2.19. The summed E-state index contributed by atoms with van der Waals surface area (Å²) in [6.07, 6.45) is 1.21. The van der Waals surface area contributed by atoms with Crippen LogP contribution in [0.5, 0.6) is 0 Å². The number of fused-ring (bicyclic) bond motifs is 1. The van der Waals surface area contributed by atoms with Crippen LogP contribution in [0.2, 0.25) is 0 Å². The van der Waals surface area contributed by atoms with Gasteiger partial charge in [-0.25, -0.2) is 9.78 Å². The van der Waals surface area contributed by atoms with E-state index >= 15 is 0 Å². The van der Waals surface area contributed by atoms with Crippen LogP contribution in [0.4, 0.5) is 5.69 Å². The maximum atomic E-state index is 12.5. The van der Waals surface area contributed by atoms with Crippen molar-refractivity contribution >= 4 is 34.0 Å². The molecule has 4 rings (SSSR count). The van der Waals surface area contributed by atoms with Gasteiger partial charge in [-0.05, 0) is 30.2 Å². The van der Waals surface area contributed by atoms with Crippen molar-refractivity contribution in [3.63, 3.8) is 0 Å².